The molecule has 0 fully saturated rings. The lowest BCUT2D eigenvalue weighted by molar-refractivity contribution is -0.116. The van der Waals surface area contributed by atoms with Crippen LogP contribution in [0.1, 0.15) is 11.1 Å². The number of aromatic nitrogens is 2. The molecular formula is C18H21N3O5. The third kappa shape index (κ3) is 4.21. The molecule has 0 aliphatic carbocycles. The molecule has 2 aromatic rings. The Labute approximate surface area is 150 Å². The molecule has 0 atom stereocenters. The number of hydrogen-bond acceptors (Lipinski definition) is 5. The molecule has 0 unspecified atom stereocenters. The minimum Gasteiger partial charge on any atom is -0.493 e. The van der Waals surface area contributed by atoms with Gasteiger partial charge in [-0.1, -0.05) is 6.07 Å². The molecular weight excluding hydrogens is 338 g/mol. The normalized spacial score (nSPS) is 10.8. The molecule has 0 aliphatic rings. The van der Waals surface area contributed by atoms with E-state index in [1.165, 1.54) is 44.1 Å². The lowest BCUT2D eigenvalue weighted by Crippen LogP contribution is -2.37. The second-order valence-electron chi connectivity index (χ2n) is 5.58. The van der Waals surface area contributed by atoms with Gasteiger partial charge in [0.05, 0.1) is 19.8 Å². The van der Waals surface area contributed by atoms with Crippen LogP contribution in [0, 0.1) is 0 Å². The quantitative estimate of drug-likeness (QED) is 0.756. The van der Waals surface area contributed by atoms with Crippen LogP contribution in [0.25, 0.3) is 6.08 Å². The highest BCUT2D eigenvalue weighted by atomic mass is 16.5. The number of methoxy groups -OCH3 is 2. The van der Waals surface area contributed by atoms with E-state index < -0.39 is 11.2 Å². The first kappa shape index (κ1) is 19.0. The summed E-state index contributed by atoms with van der Waals surface area (Å²) < 4.78 is 12.6. The predicted molar refractivity (Wildman–Crippen MR) is 97.4 cm³/mol. The van der Waals surface area contributed by atoms with Gasteiger partial charge >= 0.3 is 5.69 Å². The first-order chi connectivity index (χ1) is 12.4. The molecule has 0 aliphatic heterocycles. The van der Waals surface area contributed by atoms with E-state index in [2.05, 4.69) is 5.32 Å². The second-order valence-corrected chi connectivity index (χ2v) is 5.58. The Balaban J connectivity index is 2.07. The van der Waals surface area contributed by atoms with Crippen molar-refractivity contribution in [2.75, 3.05) is 14.2 Å². The van der Waals surface area contributed by atoms with Gasteiger partial charge in [-0.3, -0.25) is 14.2 Å². The molecule has 8 heteroatoms. The number of carbonyl (C=O) groups is 1. The molecule has 8 nitrogen and oxygen atoms in total. The zero-order chi connectivity index (χ0) is 19.3. The SMILES string of the molecule is COc1ccc(CNC(=O)/C=C/c2cn(C)c(=O)n(C)c2=O)cc1OC. The van der Waals surface area contributed by atoms with Crippen molar-refractivity contribution < 1.29 is 14.3 Å². The van der Waals surface area contributed by atoms with Gasteiger partial charge in [-0.05, 0) is 23.8 Å². The fraction of sp³-hybridized carbons (Fsp3) is 0.278. The van der Waals surface area contributed by atoms with Crippen molar-refractivity contribution >= 4 is 12.0 Å². The Kier molecular flexibility index (Phi) is 6.00. The third-order valence-electron chi connectivity index (χ3n) is 3.80. The zero-order valence-electron chi connectivity index (χ0n) is 15.1. The summed E-state index contributed by atoms with van der Waals surface area (Å²) in [5, 5.41) is 2.72. The number of amides is 1. The topological polar surface area (TPSA) is 91.6 Å². The maximum Gasteiger partial charge on any atom is 0.330 e. The second kappa shape index (κ2) is 8.19. The highest BCUT2D eigenvalue weighted by molar-refractivity contribution is 5.91. The van der Waals surface area contributed by atoms with Gasteiger partial charge in [0, 0.05) is 32.9 Å². The van der Waals surface area contributed by atoms with E-state index in [0.717, 1.165) is 10.1 Å². The van der Waals surface area contributed by atoms with E-state index in [1.807, 2.05) is 6.07 Å². The van der Waals surface area contributed by atoms with Gasteiger partial charge in [0.25, 0.3) is 5.56 Å². The molecule has 2 rings (SSSR count). The van der Waals surface area contributed by atoms with Crippen molar-refractivity contribution in [3.63, 3.8) is 0 Å². The van der Waals surface area contributed by atoms with E-state index in [0.29, 0.717) is 11.5 Å². The minimum atomic E-state index is -0.461. The summed E-state index contributed by atoms with van der Waals surface area (Å²) in [7, 11) is 6.01. The molecule has 0 spiro atoms. The van der Waals surface area contributed by atoms with Crippen molar-refractivity contribution in [1.29, 1.82) is 0 Å². The molecule has 1 aromatic heterocycles. The van der Waals surface area contributed by atoms with E-state index in [-0.39, 0.29) is 18.0 Å². The van der Waals surface area contributed by atoms with Crippen LogP contribution in [0.2, 0.25) is 0 Å². The van der Waals surface area contributed by atoms with Crippen LogP contribution in [-0.2, 0) is 25.4 Å². The number of nitrogens with zero attached hydrogens (tertiary/aromatic N) is 2. The molecule has 0 saturated carbocycles. The number of nitrogens with one attached hydrogen (secondary N) is 1. The Morgan fingerprint density at radius 1 is 1.15 bits per heavy atom. The van der Waals surface area contributed by atoms with Gasteiger partial charge in [-0.15, -0.1) is 0 Å². The molecule has 1 amide bonds. The van der Waals surface area contributed by atoms with Crippen LogP contribution in [0.3, 0.4) is 0 Å². The van der Waals surface area contributed by atoms with E-state index in [9.17, 15) is 14.4 Å². The van der Waals surface area contributed by atoms with Crippen molar-refractivity contribution in [2.24, 2.45) is 14.1 Å². The first-order valence-electron chi connectivity index (χ1n) is 7.81. The monoisotopic (exact) mass is 359 g/mol. The Hall–Kier alpha value is -3.29. The average Bonchev–Trinajstić information content (AvgIpc) is 2.66. The van der Waals surface area contributed by atoms with Crippen molar-refractivity contribution in [3.05, 3.63) is 62.4 Å². The maximum absolute atomic E-state index is 12.0. The van der Waals surface area contributed by atoms with Crippen molar-refractivity contribution in [3.8, 4) is 11.5 Å². The summed E-state index contributed by atoms with van der Waals surface area (Å²) in [6.45, 7) is 0.287. The van der Waals surface area contributed by atoms with Gasteiger partial charge in [0.1, 0.15) is 0 Å². The van der Waals surface area contributed by atoms with Crippen LogP contribution >= 0.6 is 0 Å². The molecule has 1 aromatic carbocycles. The van der Waals surface area contributed by atoms with Crippen molar-refractivity contribution in [1.82, 2.24) is 14.5 Å². The third-order valence-corrected chi connectivity index (χ3v) is 3.80. The summed E-state index contributed by atoms with van der Waals surface area (Å²) in [6, 6.07) is 5.34. The number of carbonyl (C=O) groups excluding carboxylic acids is 1. The van der Waals surface area contributed by atoms with Crippen LogP contribution in [0.5, 0.6) is 11.5 Å². The van der Waals surface area contributed by atoms with Gasteiger partial charge in [-0.2, -0.15) is 0 Å². The lowest BCUT2D eigenvalue weighted by atomic mass is 10.2. The van der Waals surface area contributed by atoms with Gasteiger partial charge in [0.15, 0.2) is 11.5 Å². The zero-order valence-corrected chi connectivity index (χ0v) is 15.1. The summed E-state index contributed by atoms with van der Waals surface area (Å²) in [6.07, 6.45) is 4.02. The Morgan fingerprint density at radius 3 is 2.50 bits per heavy atom. The standard InChI is InChI=1S/C18H21N3O5/c1-20-11-13(17(23)21(2)18(20)24)6-8-16(22)19-10-12-5-7-14(25-3)15(9-12)26-4/h5-9,11H,10H2,1-4H3,(H,19,22)/b8-6+. The Morgan fingerprint density at radius 2 is 1.85 bits per heavy atom. The number of benzene rings is 1. The maximum atomic E-state index is 12.0. The number of aryl methyl sites for hydroxylation is 1. The van der Waals surface area contributed by atoms with Crippen LogP contribution in [-0.4, -0.2) is 29.3 Å². The fourth-order valence-electron chi connectivity index (χ4n) is 2.35. The van der Waals surface area contributed by atoms with E-state index >= 15 is 0 Å². The fourth-order valence-corrected chi connectivity index (χ4v) is 2.35. The Bertz CT molecular complexity index is 956. The largest absolute Gasteiger partial charge is 0.493 e. The first-order valence-corrected chi connectivity index (χ1v) is 7.81. The number of rotatable bonds is 6. The van der Waals surface area contributed by atoms with Crippen LogP contribution in [0.15, 0.2) is 40.1 Å². The van der Waals surface area contributed by atoms with Gasteiger partial charge < -0.3 is 19.4 Å². The van der Waals surface area contributed by atoms with Gasteiger partial charge in [0.2, 0.25) is 5.91 Å². The smallest absolute Gasteiger partial charge is 0.330 e. The summed E-state index contributed by atoms with van der Waals surface area (Å²) in [5.41, 5.74) is 0.195. The minimum absolute atomic E-state index is 0.246. The van der Waals surface area contributed by atoms with E-state index in [1.54, 1.807) is 19.2 Å². The molecule has 138 valence electrons. The summed E-state index contributed by atoms with van der Waals surface area (Å²) in [5.74, 6) is 0.812. The van der Waals surface area contributed by atoms with Crippen LogP contribution in [0.4, 0.5) is 0 Å². The molecule has 1 N–H and O–H groups in total. The van der Waals surface area contributed by atoms with Crippen molar-refractivity contribution in [2.45, 2.75) is 6.54 Å². The highest BCUT2D eigenvalue weighted by Gasteiger charge is 2.06. The molecule has 0 radical (unpaired) electrons. The lowest BCUT2D eigenvalue weighted by Gasteiger charge is -2.09. The van der Waals surface area contributed by atoms with Gasteiger partial charge in [-0.25, -0.2) is 4.79 Å². The van der Waals surface area contributed by atoms with E-state index in [4.69, 9.17) is 9.47 Å². The highest BCUT2D eigenvalue weighted by Crippen LogP contribution is 2.27. The summed E-state index contributed by atoms with van der Waals surface area (Å²) >= 11 is 0. The molecule has 1 heterocycles. The average molecular weight is 359 g/mol. The number of hydrogen-bond donors (Lipinski definition) is 1. The summed E-state index contributed by atoms with van der Waals surface area (Å²) in [4.78, 5) is 35.6. The molecule has 0 saturated heterocycles. The predicted octanol–water partition coefficient (Wildman–Crippen LogP) is 0.431. The van der Waals surface area contributed by atoms with Crippen LogP contribution < -0.4 is 26.0 Å². The molecule has 0 bridgehead atoms. The molecule has 26 heavy (non-hydrogen) atoms. The number of ether oxygens (including phenoxy) is 2.